The summed E-state index contributed by atoms with van der Waals surface area (Å²) < 4.78 is 11.0. The molecule has 0 aromatic heterocycles. The number of rotatable bonds is 9. The van der Waals surface area contributed by atoms with Crippen molar-refractivity contribution < 1.29 is 9.47 Å². The van der Waals surface area contributed by atoms with Gasteiger partial charge in [-0.2, -0.15) is 0 Å². The van der Waals surface area contributed by atoms with Gasteiger partial charge in [0.1, 0.15) is 12.4 Å². The molecule has 0 saturated heterocycles. The van der Waals surface area contributed by atoms with Crippen LogP contribution in [0.5, 0.6) is 5.75 Å². The first-order valence-corrected chi connectivity index (χ1v) is 7.21. The Morgan fingerprint density at radius 3 is 2.74 bits per heavy atom. The van der Waals surface area contributed by atoms with Crippen LogP contribution < -0.4 is 10.1 Å². The highest BCUT2D eigenvalue weighted by atomic mass is 35.5. The predicted molar refractivity (Wildman–Crippen MR) is 80.0 cm³/mol. The SMILES string of the molecule is CCOCCOc1ccc(Cl)cc1CNCC(C)C. The molecular formula is C15H24ClNO2. The molecule has 0 saturated carbocycles. The maximum Gasteiger partial charge on any atom is 0.124 e. The minimum absolute atomic E-state index is 0.562. The third kappa shape index (κ3) is 6.81. The van der Waals surface area contributed by atoms with E-state index in [2.05, 4.69) is 19.2 Å². The van der Waals surface area contributed by atoms with Crippen molar-refractivity contribution in [2.75, 3.05) is 26.4 Å². The van der Waals surface area contributed by atoms with Gasteiger partial charge in [-0.1, -0.05) is 25.4 Å². The average Bonchev–Trinajstić information content (AvgIpc) is 2.36. The lowest BCUT2D eigenvalue weighted by molar-refractivity contribution is 0.110. The second-order valence-electron chi connectivity index (χ2n) is 4.82. The Morgan fingerprint density at radius 2 is 2.05 bits per heavy atom. The van der Waals surface area contributed by atoms with E-state index in [1.165, 1.54) is 0 Å². The average molecular weight is 286 g/mol. The lowest BCUT2D eigenvalue weighted by Gasteiger charge is -2.13. The van der Waals surface area contributed by atoms with Gasteiger partial charge in [0.15, 0.2) is 0 Å². The zero-order valence-electron chi connectivity index (χ0n) is 12.0. The summed E-state index contributed by atoms with van der Waals surface area (Å²) in [4.78, 5) is 0. The molecule has 1 aromatic carbocycles. The van der Waals surface area contributed by atoms with E-state index in [0.717, 1.165) is 29.4 Å². The third-order valence-corrected chi connectivity index (χ3v) is 2.82. The highest BCUT2D eigenvalue weighted by Gasteiger charge is 2.05. The van der Waals surface area contributed by atoms with Crippen LogP contribution in [0.3, 0.4) is 0 Å². The van der Waals surface area contributed by atoms with Crippen molar-refractivity contribution in [3.63, 3.8) is 0 Å². The normalized spacial score (nSPS) is 11.0. The molecule has 1 aromatic rings. The molecule has 1 rings (SSSR count). The molecule has 0 atom stereocenters. The minimum atomic E-state index is 0.562. The lowest BCUT2D eigenvalue weighted by atomic mass is 10.2. The second-order valence-corrected chi connectivity index (χ2v) is 5.26. The Morgan fingerprint density at radius 1 is 1.26 bits per heavy atom. The molecule has 0 aliphatic heterocycles. The van der Waals surface area contributed by atoms with Crippen molar-refractivity contribution in [3.8, 4) is 5.75 Å². The van der Waals surface area contributed by atoms with E-state index in [1.54, 1.807) is 0 Å². The fourth-order valence-corrected chi connectivity index (χ4v) is 1.87. The second kappa shape index (κ2) is 9.18. The molecule has 0 fully saturated rings. The smallest absolute Gasteiger partial charge is 0.124 e. The summed E-state index contributed by atoms with van der Waals surface area (Å²) in [5.41, 5.74) is 1.09. The molecule has 4 heteroatoms. The first-order valence-electron chi connectivity index (χ1n) is 6.83. The molecule has 0 unspecified atom stereocenters. The van der Waals surface area contributed by atoms with Gasteiger partial charge < -0.3 is 14.8 Å². The summed E-state index contributed by atoms with van der Waals surface area (Å²) in [5, 5.41) is 4.14. The summed E-state index contributed by atoms with van der Waals surface area (Å²) in [6, 6.07) is 5.72. The van der Waals surface area contributed by atoms with E-state index in [-0.39, 0.29) is 0 Å². The predicted octanol–water partition coefficient (Wildman–Crippen LogP) is 3.50. The molecule has 3 nitrogen and oxygen atoms in total. The van der Waals surface area contributed by atoms with Gasteiger partial charge in [0, 0.05) is 23.7 Å². The highest BCUT2D eigenvalue weighted by Crippen LogP contribution is 2.22. The van der Waals surface area contributed by atoms with Gasteiger partial charge >= 0.3 is 0 Å². The zero-order chi connectivity index (χ0) is 14.1. The Labute approximate surface area is 121 Å². The van der Waals surface area contributed by atoms with Crippen LogP contribution >= 0.6 is 11.6 Å². The van der Waals surface area contributed by atoms with Crippen LogP contribution in [0, 0.1) is 5.92 Å². The summed E-state index contributed by atoms with van der Waals surface area (Å²) in [7, 11) is 0. The van der Waals surface area contributed by atoms with Gasteiger partial charge in [-0.15, -0.1) is 0 Å². The number of halogens is 1. The van der Waals surface area contributed by atoms with Crippen molar-refractivity contribution in [3.05, 3.63) is 28.8 Å². The molecule has 0 bridgehead atoms. The largest absolute Gasteiger partial charge is 0.491 e. The van der Waals surface area contributed by atoms with Crippen LogP contribution in [0.25, 0.3) is 0 Å². The highest BCUT2D eigenvalue weighted by molar-refractivity contribution is 6.30. The van der Waals surface area contributed by atoms with E-state index in [4.69, 9.17) is 21.1 Å². The molecule has 0 radical (unpaired) electrons. The first kappa shape index (κ1) is 16.3. The molecule has 0 aliphatic carbocycles. The molecule has 0 aliphatic rings. The number of benzene rings is 1. The quantitative estimate of drug-likeness (QED) is 0.705. The van der Waals surface area contributed by atoms with Crippen molar-refractivity contribution >= 4 is 11.6 Å². The van der Waals surface area contributed by atoms with Crippen molar-refractivity contribution in [2.24, 2.45) is 5.92 Å². The molecule has 1 N–H and O–H groups in total. The summed E-state index contributed by atoms with van der Waals surface area (Å²) in [6.07, 6.45) is 0. The first-order chi connectivity index (χ1) is 9.13. The molecule has 0 spiro atoms. The van der Waals surface area contributed by atoms with Crippen LogP contribution in [0.4, 0.5) is 0 Å². The molecule has 0 heterocycles. The summed E-state index contributed by atoms with van der Waals surface area (Å²) in [5.74, 6) is 1.50. The maximum atomic E-state index is 6.03. The van der Waals surface area contributed by atoms with Crippen molar-refractivity contribution in [1.82, 2.24) is 5.32 Å². The lowest BCUT2D eigenvalue weighted by Crippen LogP contribution is -2.19. The fourth-order valence-electron chi connectivity index (χ4n) is 1.68. The van der Waals surface area contributed by atoms with Gasteiger partial charge in [-0.3, -0.25) is 0 Å². The van der Waals surface area contributed by atoms with Gasteiger partial charge in [-0.05, 0) is 37.6 Å². The number of hydrogen-bond acceptors (Lipinski definition) is 3. The monoisotopic (exact) mass is 285 g/mol. The Hall–Kier alpha value is -0.770. The standard InChI is InChI=1S/C15H24ClNO2/c1-4-18-7-8-19-15-6-5-14(16)9-13(15)11-17-10-12(2)3/h5-6,9,12,17H,4,7-8,10-11H2,1-3H3. The number of ether oxygens (including phenoxy) is 2. The maximum absolute atomic E-state index is 6.03. The Balaban J connectivity index is 2.53. The summed E-state index contributed by atoms with van der Waals surface area (Å²) in [6.45, 7) is 9.98. The third-order valence-electron chi connectivity index (χ3n) is 2.58. The fraction of sp³-hybridized carbons (Fsp3) is 0.600. The van der Waals surface area contributed by atoms with Crippen molar-refractivity contribution in [2.45, 2.75) is 27.3 Å². The van der Waals surface area contributed by atoms with Gasteiger partial charge in [0.25, 0.3) is 0 Å². The zero-order valence-corrected chi connectivity index (χ0v) is 12.8. The van der Waals surface area contributed by atoms with E-state index in [0.29, 0.717) is 25.7 Å². The van der Waals surface area contributed by atoms with E-state index >= 15 is 0 Å². The van der Waals surface area contributed by atoms with E-state index < -0.39 is 0 Å². The van der Waals surface area contributed by atoms with Crippen LogP contribution in [0.1, 0.15) is 26.3 Å². The molecule has 19 heavy (non-hydrogen) atoms. The van der Waals surface area contributed by atoms with Crippen molar-refractivity contribution in [1.29, 1.82) is 0 Å². The van der Waals surface area contributed by atoms with Crippen LogP contribution in [0.2, 0.25) is 5.02 Å². The van der Waals surface area contributed by atoms with Gasteiger partial charge in [0.2, 0.25) is 0 Å². The topological polar surface area (TPSA) is 30.5 Å². The van der Waals surface area contributed by atoms with E-state index in [9.17, 15) is 0 Å². The van der Waals surface area contributed by atoms with Crippen LogP contribution in [-0.4, -0.2) is 26.4 Å². The van der Waals surface area contributed by atoms with E-state index in [1.807, 2.05) is 25.1 Å². The molecular weight excluding hydrogens is 262 g/mol. The molecule has 108 valence electrons. The molecule has 0 amide bonds. The Kier molecular flexibility index (Phi) is 7.87. The van der Waals surface area contributed by atoms with Crippen LogP contribution in [0.15, 0.2) is 18.2 Å². The van der Waals surface area contributed by atoms with Gasteiger partial charge in [0.05, 0.1) is 6.61 Å². The summed E-state index contributed by atoms with van der Waals surface area (Å²) >= 11 is 6.03. The number of nitrogens with one attached hydrogen (secondary N) is 1. The number of hydrogen-bond donors (Lipinski definition) is 1. The van der Waals surface area contributed by atoms with Crippen LogP contribution in [-0.2, 0) is 11.3 Å². The van der Waals surface area contributed by atoms with Gasteiger partial charge in [-0.25, -0.2) is 0 Å². The minimum Gasteiger partial charge on any atom is -0.491 e. The Bertz CT molecular complexity index is 369.